The largest absolute Gasteiger partial charge is 0.372 e. The van der Waals surface area contributed by atoms with Gasteiger partial charge in [-0.3, -0.25) is 9.59 Å². The predicted octanol–water partition coefficient (Wildman–Crippen LogP) is 2.73. The van der Waals surface area contributed by atoms with Gasteiger partial charge in [0, 0.05) is 11.8 Å². The third-order valence-corrected chi connectivity index (χ3v) is 3.42. The lowest BCUT2D eigenvalue weighted by Crippen LogP contribution is -2.41. The van der Waals surface area contributed by atoms with E-state index < -0.39 is 23.6 Å². The highest BCUT2D eigenvalue weighted by Gasteiger charge is 2.27. The maximum absolute atomic E-state index is 13.1. The lowest BCUT2D eigenvalue weighted by Gasteiger charge is -2.26. The SMILES string of the molecule is O=C(C[C@H]1Nc2ccccc2NC1=O)Nc1ccc(F)c(F)c1. The molecular weight excluding hydrogens is 304 g/mol. The van der Waals surface area contributed by atoms with E-state index >= 15 is 0 Å². The number of amides is 2. The Morgan fingerprint density at radius 2 is 1.83 bits per heavy atom. The molecule has 1 aliphatic heterocycles. The van der Waals surface area contributed by atoms with Crippen LogP contribution in [0.1, 0.15) is 6.42 Å². The van der Waals surface area contributed by atoms with E-state index in [-0.39, 0.29) is 18.0 Å². The number of para-hydroxylation sites is 2. The van der Waals surface area contributed by atoms with Crippen LogP contribution in [0.25, 0.3) is 0 Å². The number of fused-ring (bicyclic) bond motifs is 1. The lowest BCUT2D eigenvalue weighted by molar-refractivity contribution is -0.122. The second-order valence-electron chi connectivity index (χ2n) is 5.11. The number of carbonyl (C=O) groups excluding carboxylic acids is 2. The van der Waals surface area contributed by atoms with E-state index in [2.05, 4.69) is 16.0 Å². The second-order valence-corrected chi connectivity index (χ2v) is 5.11. The van der Waals surface area contributed by atoms with Crippen LogP contribution in [0.2, 0.25) is 0 Å². The van der Waals surface area contributed by atoms with Gasteiger partial charge in [-0.1, -0.05) is 12.1 Å². The van der Waals surface area contributed by atoms with Gasteiger partial charge in [-0.25, -0.2) is 8.78 Å². The molecule has 0 aliphatic carbocycles. The van der Waals surface area contributed by atoms with Crippen molar-refractivity contribution in [1.29, 1.82) is 0 Å². The first-order valence-electron chi connectivity index (χ1n) is 6.94. The molecule has 1 heterocycles. The molecular formula is C16H13F2N3O2. The zero-order valence-corrected chi connectivity index (χ0v) is 11.9. The predicted molar refractivity (Wildman–Crippen MR) is 82.1 cm³/mol. The van der Waals surface area contributed by atoms with Crippen molar-refractivity contribution < 1.29 is 18.4 Å². The van der Waals surface area contributed by atoms with Crippen LogP contribution in [-0.2, 0) is 9.59 Å². The average Bonchev–Trinajstić information content (AvgIpc) is 2.51. The Hall–Kier alpha value is -2.96. The van der Waals surface area contributed by atoms with Crippen molar-refractivity contribution >= 4 is 28.9 Å². The topological polar surface area (TPSA) is 70.2 Å². The second kappa shape index (κ2) is 6.04. The summed E-state index contributed by atoms with van der Waals surface area (Å²) in [5, 5.41) is 8.12. The van der Waals surface area contributed by atoms with Crippen molar-refractivity contribution in [3.63, 3.8) is 0 Å². The van der Waals surface area contributed by atoms with Crippen molar-refractivity contribution in [2.45, 2.75) is 12.5 Å². The van der Waals surface area contributed by atoms with Crippen LogP contribution in [0.4, 0.5) is 25.8 Å². The van der Waals surface area contributed by atoms with E-state index in [0.29, 0.717) is 5.69 Å². The molecule has 0 radical (unpaired) electrons. The molecule has 1 atom stereocenters. The molecule has 1 aliphatic rings. The third kappa shape index (κ3) is 3.28. The number of hydrogen-bond acceptors (Lipinski definition) is 3. The van der Waals surface area contributed by atoms with Crippen LogP contribution in [0, 0.1) is 11.6 Å². The zero-order chi connectivity index (χ0) is 16.4. The Bertz CT molecular complexity index is 780. The number of halogens is 2. The van der Waals surface area contributed by atoms with E-state index in [9.17, 15) is 18.4 Å². The van der Waals surface area contributed by atoms with Gasteiger partial charge in [0.25, 0.3) is 0 Å². The van der Waals surface area contributed by atoms with Crippen molar-refractivity contribution in [1.82, 2.24) is 0 Å². The Balaban J connectivity index is 1.66. The third-order valence-electron chi connectivity index (χ3n) is 3.42. The van der Waals surface area contributed by atoms with Crippen molar-refractivity contribution in [3.05, 3.63) is 54.1 Å². The van der Waals surface area contributed by atoms with E-state index in [1.54, 1.807) is 18.2 Å². The molecule has 0 saturated carbocycles. The van der Waals surface area contributed by atoms with Gasteiger partial charge in [0.2, 0.25) is 11.8 Å². The molecule has 3 N–H and O–H groups in total. The van der Waals surface area contributed by atoms with Crippen molar-refractivity contribution in [2.75, 3.05) is 16.0 Å². The Kier molecular flexibility index (Phi) is 3.92. The molecule has 5 nitrogen and oxygen atoms in total. The zero-order valence-electron chi connectivity index (χ0n) is 11.9. The summed E-state index contributed by atoms with van der Waals surface area (Å²) in [5.41, 5.74) is 1.50. The highest BCUT2D eigenvalue weighted by molar-refractivity contribution is 6.06. The number of nitrogens with one attached hydrogen (secondary N) is 3. The van der Waals surface area contributed by atoms with Crippen LogP contribution in [0.15, 0.2) is 42.5 Å². The molecule has 0 aromatic heterocycles. The molecule has 118 valence electrons. The van der Waals surface area contributed by atoms with E-state index in [1.165, 1.54) is 6.07 Å². The first-order valence-corrected chi connectivity index (χ1v) is 6.94. The summed E-state index contributed by atoms with van der Waals surface area (Å²) in [5.74, 6) is -2.86. The summed E-state index contributed by atoms with van der Waals surface area (Å²) < 4.78 is 26.0. The maximum Gasteiger partial charge on any atom is 0.247 e. The van der Waals surface area contributed by atoms with Gasteiger partial charge in [-0.05, 0) is 24.3 Å². The Morgan fingerprint density at radius 3 is 2.57 bits per heavy atom. The summed E-state index contributed by atoms with van der Waals surface area (Å²) in [7, 11) is 0. The van der Waals surface area contributed by atoms with E-state index in [1.807, 2.05) is 6.07 Å². The number of rotatable bonds is 3. The fourth-order valence-corrected chi connectivity index (χ4v) is 2.31. The van der Waals surface area contributed by atoms with Crippen LogP contribution in [-0.4, -0.2) is 17.9 Å². The first-order chi connectivity index (χ1) is 11.0. The standard InChI is InChI=1S/C16H13F2N3O2/c17-10-6-5-9(7-11(10)18)19-15(22)8-14-16(23)21-13-4-2-1-3-12(13)20-14/h1-7,14,20H,8H2,(H,19,22)(H,21,23)/t14-/m1/s1. The van der Waals surface area contributed by atoms with Crippen molar-refractivity contribution in [3.8, 4) is 0 Å². The van der Waals surface area contributed by atoms with Gasteiger partial charge in [-0.15, -0.1) is 0 Å². The molecule has 3 rings (SSSR count). The molecule has 0 bridgehead atoms. The minimum Gasteiger partial charge on any atom is -0.372 e. The normalized spacial score (nSPS) is 16.1. The summed E-state index contributed by atoms with van der Waals surface area (Å²) >= 11 is 0. The van der Waals surface area contributed by atoms with Gasteiger partial charge < -0.3 is 16.0 Å². The highest BCUT2D eigenvalue weighted by atomic mass is 19.2. The van der Waals surface area contributed by atoms with Crippen molar-refractivity contribution in [2.24, 2.45) is 0 Å². The van der Waals surface area contributed by atoms with Crippen LogP contribution >= 0.6 is 0 Å². The molecule has 2 amide bonds. The smallest absolute Gasteiger partial charge is 0.247 e. The Labute approximate surface area is 130 Å². The van der Waals surface area contributed by atoms with E-state index in [0.717, 1.165) is 17.8 Å². The summed E-state index contributed by atoms with van der Waals surface area (Å²) in [6, 6.07) is 9.45. The lowest BCUT2D eigenvalue weighted by atomic mass is 10.1. The maximum atomic E-state index is 13.1. The number of anilines is 3. The van der Waals surface area contributed by atoms with E-state index in [4.69, 9.17) is 0 Å². The first kappa shape index (κ1) is 15.0. The molecule has 0 saturated heterocycles. The van der Waals surface area contributed by atoms with Gasteiger partial charge in [-0.2, -0.15) is 0 Å². The van der Waals surface area contributed by atoms with Gasteiger partial charge in [0.1, 0.15) is 6.04 Å². The highest BCUT2D eigenvalue weighted by Crippen LogP contribution is 2.26. The molecule has 0 unspecified atom stereocenters. The molecule has 2 aromatic rings. The summed E-state index contributed by atoms with van der Waals surface area (Å²) in [6.07, 6.45) is -0.140. The fourth-order valence-electron chi connectivity index (χ4n) is 2.31. The van der Waals surface area contributed by atoms with Gasteiger partial charge >= 0.3 is 0 Å². The summed E-state index contributed by atoms with van der Waals surface area (Å²) in [6.45, 7) is 0. The summed E-state index contributed by atoms with van der Waals surface area (Å²) in [4.78, 5) is 24.0. The minimum atomic E-state index is -1.05. The van der Waals surface area contributed by atoms with Gasteiger partial charge in [0.15, 0.2) is 11.6 Å². The van der Waals surface area contributed by atoms with Crippen LogP contribution in [0.5, 0.6) is 0 Å². The molecule has 2 aromatic carbocycles. The average molecular weight is 317 g/mol. The fraction of sp³-hybridized carbons (Fsp3) is 0.125. The number of carbonyl (C=O) groups is 2. The number of benzene rings is 2. The minimum absolute atomic E-state index is 0.130. The molecule has 0 spiro atoms. The van der Waals surface area contributed by atoms with Crippen LogP contribution in [0.3, 0.4) is 0 Å². The Morgan fingerprint density at radius 1 is 1.09 bits per heavy atom. The monoisotopic (exact) mass is 317 g/mol. The number of hydrogen-bond donors (Lipinski definition) is 3. The quantitative estimate of drug-likeness (QED) is 0.815. The molecule has 7 heteroatoms. The molecule has 23 heavy (non-hydrogen) atoms. The molecule has 0 fully saturated rings. The van der Waals surface area contributed by atoms with Gasteiger partial charge in [0.05, 0.1) is 17.8 Å². The van der Waals surface area contributed by atoms with Crippen LogP contribution < -0.4 is 16.0 Å².